The van der Waals surface area contributed by atoms with E-state index in [1.807, 2.05) is 24.3 Å². The van der Waals surface area contributed by atoms with Gasteiger partial charge in [0.1, 0.15) is 6.17 Å². The van der Waals surface area contributed by atoms with Crippen LogP contribution >= 0.6 is 12.4 Å². The number of carbonyl (C=O) groups excluding carboxylic acids is 1. The second kappa shape index (κ2) is 5.24. The van der Waals surface area contributed by atoms with Crippen LogP contribution in [-0.4, -0.2) is 31.2 Å². The van der Waals surface area contributed by atoms with Gasteiger partial charge in [0.15, 0.2) is 0 Å². The number of amides is 1. The molecule has 2 aliphatic rings. The van der Waals surface area contributed by atoms with Crippen LogP contribution in [0.1, 0.15) is 12.0 Å². The highest BCUT2D eigenvalue weighted by Crippen LogP contribution is 2.28. The second-order valence-corrected chi connectivity index (χ2v) is 4.66. The number of alkyl halides is 1. The Morgan fingerprint density at radius 2 is 2.17 bits per heavy atom. The largest absolute Gasteiger partial charge is 0.310 e. The Kier molecular flexibility index (Phi) is 3.88. The Morgan fingerprint density at radius 3 is 2.89 bits per heavy atom. The van der Waals surface area contributed by atoms with Crippen LogP contribution in [0.25, 0.3) is 0 Å². The van der Waals surface area contributed by atoms with Gasteiger partial charge in [0.05, 0.1) is 6.04 Å². The maximum Gasteiger partial charge on any atom is 0.244 e. The van der Waals surface area contributed by atoms with E-state index in [0.29, 0.717) is 19.5 Å². The molecule has 0 spiro atoms. The highest BCUT2D eigenvalue weighted by molar-refractivity contribution is 5.99. The molecule has 2 heterocycles. The van der Waals surface area contributed by atoms with Crippen LogP contribution in [0, 0.1) is 0 Å². The molecule has 1 saturated heterocycles. The van der Waals surface area contributed by atoms with Crippen LogP contribution in [0.2, 0.25) is 0 Å². The van der Waals surface area contributed by atoms with Crippen molar-refractivity contribution >= 4 is 24.0 Å². The molecule has 1 fully saturated rings. The Morgan fingerprint density at radius 1 is 1.39 bits per heavy atom. The molecule has 0 radical (unpaired) electrons. The number of rotatable bonds is 1. The summed E-state index contributed by atoms with van der Waals surface area (Å²) in [5.74, 6) is 0.00935. The molecule has 3 nitrogen and oxygen atoms in total. The minimum atomic E-state index is -0.887. The van der Waals surface area contributed by atoms with E-state index >= 15 is 0 Å². The summed E-state index contributed by atoms with van der Waals surface area (Å²) in [7, 11) is 0. The maximum atomic E-state index is 13.1. The van der Waals surface area contributed by atoms with Gasteiger partial charge in [-0.1, -0.05) is 18.2 Å². The molecule has 3 rings (SSSR count). The lowest BCUT2D eigenvalue weighted by molar-refractivity contribution is -0.120. The molecule has 2 aliphatic heterocycles. The van der Waals surface area contributed by atoms with Gasteiger partial charge in [0.25, 0.3) is 0 Å². The first-order chi connectivity index (χ1) is 8.25. The third kappa shape index (κ3) is 2.22. The zero-order valence-electron chi connectivity index (χ0n) is 9.93. The SMILES string of the molecule is Cl.O=C([C@@H]1C[C@H](F)CN1)N1CCc2ccccc21. The summed E-state index contributed by atoms with van der Waals surface area (Å²) in [6, 6.07) is 7.57. The van der Waals surface area contributed by atoms with Crippen LogP contribution in [0.4, 0.5) is 10.1 Å². The van der Waals surface area contributed by atoms with Crippen LogP contribution in [0.3, 0.4) is 0 Å². The number of para-hydroxylation sites is 1. The second-order valence-electron chi connectivity index (χ2n) is 4.66. The monoisotopic (exact) mass is 270 g/mol. The number of benzene rings is 1. The zero-order valence-corrected chi connectivity index (χ0v) is 10.8. The molecule has 18 heavy (non-hydrogen) atoms. The number of hydrogen-bond acceptors (Lipinski definition) is 2. The summed E-state index contributed by atoms with van der Waals surface area (Å²) >= 11 is 0. The summed E-state index contributed by atoms with van der Waals surface area (Å²) in [5, 5.41) is 2.95. The van der Waals surface area contributed by atoms with Crippen molar-refractivity contribution in [2.45, 2.75) is 25.1 Å². The minimum absolute atomic E-state index is 0. The number of nitrogens with zero attached hydrogens (tertiary/aromatic N) is 1. The fourth-order valence-electron chi connectivity index (χ4n) is 2.64. The molecule has 1 N–H and O–H groups in total. The highest BCUT2D eigenvalue weighted by atomic mass is 35.5. The molecule has 0 aromatic heterocycles. The Balaban J connectivity index is 0.00000120. The third-order valence-corrected chi connectivity index (χ3v) is 3.53. The van der Waals surface area contributed by atoms with Gasteiger partial charge in [-0.3, -0.25) is 4.79 Å². The van der Waals surface area contributed by atoms with E-state index in [1.165, 1.54) is 5.56 Å². The fourth-order valence-corrected chi connectivity index (χ4v) is 2.64. The number of anilines is 1. The van der Waals surface area contributed by atoms with Crippen molar-refractivity contribution in [1.82, 2.24) is 5.32 Å². The predicted molar refractivity (Wildman–Crippen MR) is 71.1 cm³/mol. The third-order valence-electron chi connectivity index (χ3n) is 3.53. The van der Waals surface area contributed by atoms with Crippen molar-refractivity contribution in [2.24, 2.45) is 0 Å². The van der Waals surface area contributed by atoms with Crippen LogP contribution in [-0.2, 0) is 11.2 Å². The van der Waals surface area contributed by atoms with Gasteiger partial charge in [-0.05, 0) is 18.1 Å². The Bertz CT molecular complexity index is 454. The highest BCUT2D eigenvalue weighted by Gasteiger charge is 2.34. The van der Waals surface area contributed by atoms with Gasteiger partial charge in [-0.15, -0.1) is 12.4 Å². The molecule has 2 atom stereocenters. The lowest BCUT2D eigenvalue weighted by atomic mass is 10.1. The van der Waals surface area contributed by atoms with Gasteiger partial charge in [0, 0.05) is 25.2 Å². The molecular weight excluding hydrogens is 255 g/mol. The number of fused-ring (bicyclic) bond motifs is 1. The molecule has 0 saturated carbocycles. The van der Waals surface area contributed by atoms with Crippen molar-refractivity contribution in [3.63, 3.8) is 0 Å². The molecule has 0 bridgehead atoms. The van der Waals surface area contributed by atoms with Crippen molar-refractivity contribution in [1.29, 1.82) is 0 Å². The first-order valence-corrected chi connectivity index (χ1v) is 6.02. The van der Waals surface area contributed by atoms with Gasteiger partial charge in [0.2, 0.25) is 5.91 Å². The molecule has 1 aromatic carbocycles. The first-order valence-electron chi connectivity index (χ1n) is 6.02. The fraction of sp³-hybridized carbons (Fsp3) is 0.462. The Labute approximate surface area is 112 Å². The summed E-state index contributed by atoms with van der Waals surface area (Å²) in [5.41, 5.74) is 2.19. The number of halogens is 2. The topological polar surface area (TPSA) is 32.3 Å². The minimum Gasteiger partial charge on any atom is -0.310 e. The summed E-state index contributed by atoms with van der Waals surface area (Å²) in [4.78, 5) is 14.0. The number of carbonyl (C=O) groups is 1. The molecule has 0 unspecified atom stereocenters. The summed E-state index contributed by atoms with van der Waals surface area (Å²) in [6.07, 6.45) is 0.312. The lowest BCUT2D eigenvalue weighted by Crippen LogP contribution is -2.42. The van der Waals surface area contributed by atoms with Crippen LogP contribution in [0.15, 0.2) is 24.3 Å². The molecule has 5 heteroatoms. The summed E-state index contributed by atoms with van der Waals surface area (Å²) in [6.45, 7) is 1.01. The first kappa shape index (κ1) is 13.3. The molecular formula is C13H16ClFN2O. The van der Waals surface area contributed by atoms with E-state index in [2.05, 4.69) is 5.32 Å². The molecule has 1 aromatic rings. The quantitative estimate of drug-likeness (QED) is 0.842. The van der Waals surface area contributed by atoms with E-state index in [1.54, 1.807) is 4.90 Å². The van der Waals surface area contributed by atoms with Gasteiger partial charge in [-0.2, -0.15) is 0 Å². The smallest absolute Gasteiger partial charge is 0.244 e. The van der Waals surface area contributed by atoms with E-state index in [-0.39, 0.29) is 24.4 Å². The van der Waals surface area contributed by atoms with Gasteiger partial charge < -0.3 is 10.2 Å². The number of nitrogens with one attached hydrogen (secondary N) is 1. The van der Waals surface area contributed by atoms with E-state index in [9.17, 15) is 9.18 Å². The van der Waals surface area contributed by atoms with E-state index in [4.69, 9.17) is 0 Å². The standard InChI is InChI=1S/C13H15FN2O.ClH/c14-10-7-11(15-8-10)13(17)16-6-5-9-3-1-2-4-12(9)16;/h1-4,10-11,15H,5-8H2;1H/t10-,11-;/m0./s1. The van der Waals surface area contributed by atoms with E-state index < -0.39 is 6.17 Å². The van der Waals surface area contributed by atoms with E-state index in [0.717, 1.165) is 12.1 Å². The summed E-state index contributed by atoms with van der Waals surface area (Å²) < 4.78 is 13.1. The van der Waals surface area contributed by atoms with Gasteiger partial charge in [-0.25, -0.2) is 4.39 Å². The normalized spacial score (nSPS) is 25.7. The average molecular weight is 271 g/mol. The zero-order chi connectivity index (χ0) is 11.8. The van der Waals surface area contributed by atoms with Crippen molar-refractivity contribution in [3.8, 4) is 0 Å². The van der Waals surface area contributed by atoms with Crippen molar-refractivity contribution in [2.75, 3.05) is 18.0 Å². The molecule has 98 valence electrons. The van der Waals surface area contributed by atoms with Crippen LogP contribution < -0.4 is 10.2 Å². The lowest BCUT2D eigenvalue weighted by Gasteiger charge is -2.21. The van der Waals surface area contributed by atoms with Crippen molar-refractivity contribution in [3.05, 3.63) is 29.8 Å². The Hall–Kier alpha value is -1.13. The van der Waals surface area contributed by atoms with Crippen molar-refractivity contribution < 1.29 is 9.18 Å². The van der Waals surface area contributed by atoms with Gasteiger partial charge >= 0.3 is 0 Å². The van der Waals surface area contributed by atoms with Crippen LogP contribution in [0.5, 0.6) is 0 Å². The molecule has 1 amide bonds. The average Bonchev–Trinajstić information content (AvgIpc) is 2.94. The predicted octanol–water partition coefficient (Wildman–Crippen LogP) is 1.70. The number of hydrogen-bond donors (Lipinski definition) is 1. The molecule has 0 aliphatic carbocycles. The maximum absolute atomic E-state index is 13.1.